The van der Waals surface area contributed by atoms with E-state index in [2.05, 4.69) is 31.6 Å². The number of rotatable bonds is 2. The third kappa shape index (κ3) is 2.96. The highest BCUT2D eigenvalue weighted by atomic mass is 14.8. The molecule has 2 N–H and O–H groups in total. The van der Waals surface area contributed by atoms with Gasteiger partial charge >= 0.3 is 0 Å². The van der Waals surface area contributed by atoms with Gasteiger partial charge in [0.2, 0.25) is 0 Å². The zero-order chi connectivity index (χ0) is 9.84. The Bertz CT molecular complexity index is 204. The maximum Gasteiger partial charge on any atom is 0.0569 e. The van der Waals surface area contributed by atoms with Crippen LogP contribution < -0.4 is 5.73 Å². The quantitative estimate of drug-likeness (QED) is 0.513. The number of aliphatic imine (C=N–C) groups is 1. The molecule has 2 unspecified atom stereocenters. The SMILES string of the molecule is C=NC1CC(N)CC[C@@H]1C=C(C)C. The molecule has 1 aliphatic rings. The molecule has 0 saturated heterocycles. The molecule has 0 bridgehead atoms. The molecule has 0 aromatic carbocycles. The molecule has 1 aliphatic carbocycles. The summed E-state index contributed by atoms with van der Waals surface area (Å²) < 4.78 is 0. The second-order valence-corrected chi connectivity index (χ2v) is 4.23. The molecule has 3 atom stereocenters. The van der Waals surface area contributed by atoms with E-state index in [-0.39, 0.29) is 0 Å². The maximum absolute atomic E-state index is 5.89. The van der Waals surface area contributed by atoms with Crippen molar-refractivity contribution in [1.29, 1.82) is 0 Å². The van der Waals surface area contributed by atoms with E-state index in [1.807, 2.05) is 0 Å². The molecule has 0 spiro atoms. The van der Waals surface area contributed by atoms with Gasteiger partial charge in [-0.05, 0) is 45.7 Å². The van der Waals surface area contributed by atoms with E-state index in [9.17, 15) is 0 Å². The van der Waals surface area contributed by atoms with Crippen LogP contribution in [0.1, 0.15) is 33.1 Å². The van der Waals surface area contributed by atoms with Crippen LogP contribution in [0.2, 0.25) is 0 Å². The molecule has 0 heterocycles. The summed E-state index contributed by atoms with van der Waals surface area (Å²) in [6, 6.07) is 0.677. The summed E-state index contributed by atoms with van der Waals surface area (Å²) >= 11 is 0. The van der Waals surface area contributed by atoms with E-state index in [0.717, 1.165) is 19.3 Å². The molecule has 2 heteroatoms. The molecule has 0 amide bonds. The van der Waals surface area contributed by atoms with Crippen molar-refractivity contribution in [3.8, 4) is 0 Å². The van der Waals surface area contributed by atoms with Crippen LogP contribution in [0.3, 0.4) is 0 Å². The van der Waals surface area contributed by atoms with Gasteiger partial charge in [0.15, 0.2) is 0 Å². The Morgan fingerprint density at radius 2 is 2.15 bits per heavy atom. The average molecular weight is 180 g/mol. The van der Waals surface area contributed by atoms with Crippen molar-refractivity contribution in [3.63, 3.8) is 0 Å². The van der Waals surface area contributed by atoms with Crippen molar-refractivity contribution in [1.82, 2.24) is 0 Å². The van der Waals surface area contributed by atoms with Crippen molar-refractivity contribution in [2.24, 2.45) is 16.6 Å². The minimum Gasteiger partial charge on any atom is -0.328 e. The lowest BCUT2D eigenvalue weighted by molar-refractivity contribution is 0.329. The first-order valence-corrected chi connectivity index (χ1v) is 5.00. The van der Waals surface area contributed by atoms with E-state index in [1.54, 1.807) is 0 Å². The first-order valence-electron chi connectivity index (χ1n) is 5.00. The Hall–Kier alpha value is -0.630. The highest BCUT2D eigenvalue weighted by Crippen LogP contribution is 2.27. The predicted octanol–water partition coefficient (Wildman–Crippen LogP) is 2.15. The normalized spacial score (nSPS) is 33.9. The Balaban J connectivity index is 2.62. The van der Waals surface area contributed by atoms with E-state index in [1.165, 1.54) is 5.57 Å². The fraction of sp³-hybridized carbons (Fsp3) is 0.727. The maximum atomic E-state index is 5.89. The van der Waals surface area contributed by atoms with Crippen LogP contribution in [0.25, 0.3) is 0 Å². The average Bonchev–Trinajstić information content (AvgIpc) is 2.07. The molecule has 0 aromatic rings. The van der Waals surface area contributed by atoms with Crippen molar-refractivity contribution in [3.05, 3.63) is 11.6 Å². The predicted molar refractivity (Wildman–Crippen MR) is 58.1 cm³/mol. The summed E-state index contributed by atoms with van der Waals surface area (Å²) in [6.45, 7) is 7.91. The van der Waals surface area contributed by atoms with Crippen LogP contribution in [0.4, 0.5) is 0 Å². The van der Waals surface area contributed by atoms with Gasteiger partial charge in [-0.15, -0.1) is 0 Å². The Labute approximate surface area is 80.9 Å². The van der Waals surface area contributed by atoms with Crippen molar-refractivity contribution in [2.75, 3.05) is 0 Å². The van der Waals surface area contributed by atoms with Gasteiger partial charge in [-0.2, -0.15) is 0 Å². The van der Waals surface area contributed by atoms with Crippen LogP contribution in [-0.2, 0) is 0 Å². The number of hydrogen-bond donors (Lipinski definition) is 1. The second-order valence-electron chi connectivity index (χ2n) is 4.23. The van der Waals surface area contributed by atoms with Gasteiger partial charge in [0, 0.05) is 6.04 Å². The summed E-state index contributed by atoms with van der Waals surface area (Å²) in [7, 11) is 0. The zero-order valence-corrected chi connectivity index (χ0v) is 8.66. The molecule has 74 valence electrons. The highest BCUT2D eigenvalue weighted by molar-refractivity contribution is 5.25. The van der Waals surface area contributed by atoms with Gasteiger partial charge in [-0.1, -0.05) is 11.6 Å². The standard InChI is InChI=1S/C11H20N2/c1-8(2)6-9-4-5-10(12)7-11(9)13-3/h6,9-11H,3-5,7,12H2,1-2H3/t9-,10?,11?/m1/s1. The summed E-state index contributed by atoms with van der Waals surface area (Å²) in [5, 5.41) is 0. The van der Waals surface area contributed by atoms with E-state index in [4.69, 9.17) is 5.73 Å². The van der Waals surface area contributed by atoms with Crippen LogP contribution in [0.15, 0.2) is 16.6 Å². The molecule has 13 heavy (non-hydrogen) atoms. The fourth-order valence-corrected chi connectivity index (χ4v) is 2.03. The van der Waals surface area contributed by atoms with Crippen LogP contribution >= 0.6 is 0 Å². The largest absolute Gasteiger partial charge is 0.328 e. The first kappa shape index (κ1) is 10.5. The first-order chi connectivity index (χ1) is 6.13. The lowest BCUT2D eigenvalue weighted by Gasteiger charge is -2.30. The molecule has 0 radical (unpaired) electrons. The van der Waals surface area contributed by atoms with Gasteiger partial charge in [0.05, 0.1) is 6.04 Å². The van der Waals surface area contributed by atoms with Crippen LogP contribution in [-0.4, -0.2) is 18.8 Å². The Kier molecular flexibility index (Phi) is 3.67. The smallest absolute Gasteiger partial charge is 0.0569 e. The molecular formula is C11H20N2. The molecule has 0 aromatic heterocycles. The minimum absolute atomic E-state index is 0.331. The van der Waals surface area contributed by atoms with Crippen molar-refractivity contribution in [2.45, 2.75) is 45.2 Å². The third-order valence-electron chi connectivity index (χ3n) is 2.69. The van der Waals surface area contributed by atoms with E-state index in [0.29, 0.717) is 18.0 Å². The molecule has 1 rings (SSSR count). The Morgan fingerprint density at radius 1 is 1.46 bits per heavy atom. The number of hydrogen-bond acceptors (Lipinski definition) is 2. The van der Waals surface area contributed by atoms with Crippen molar-refractivity contribution >= 4 is 6.72 Å². The van der Waals surface area contributed by atoms with Gasteiger partial charge in [0.1, 0.15) is 0 Å². The van der Waals surface area contributed by atoms with Gasteiger partial charge in [0.25, 0.3) is 0 Å². The molecule has 1 saturated carbocycles. The lowest BCUT2D eigenvalue weighted by atomic mass is 9.81. The molecular weight excluding hydrogens is 160 g/mol. The summed E-state index contributed by atoms with van der Waals surface area (Å²) in [5.74, 6) is 0.572. The molecule has 1 fully saturated rings. The molecule has 0 aliphatic heterocycles. The van der Waals surface area contributed by atoms with Crippen LogP contribution in [0, 0.1) is 5.92 Å². The summed E-state index contributed by atoms with van der Waals surface area (Å²) in [4.78, 5) is 4.16. The lowest BCUT2D eigenvalue weighted by Crippen LogP contribution is -2.35. The number of allylic oxidation sites excluding steroid dienone is 1. The topological polar surface area (TPSA) is 38.4 Å². The number of nitrogens with zero attached hydrogens (tertiary/aromatic N) is 1. The monoisotopic (exact) mass is 180 g/mol. The zero-order valence-electron chi connectivity index (χ0n) is 8.66. The second kappa shape index (κ2) is 4.56. The molecule has 2 nitrogen and oxygen atoms in total. The van der Waals surface area contributed by atoms with Gasteiger partial charge in [-0.25, -0.2) is 0 Å². The third-order valence-corrected chi connectivity index (χ3v) is 2.69. The van der Waals surface area contributed by atoms with Gasteiger partial charge in [-0.3, -0.25) is 4.99 Å². The summed E-state index contributed by atoms with van der Waals surface area (Å²) in [5.41, 5.74) is 7.25. The Morgan fingerprint density at radius 3 is 2.69 bits per heavy atom. The van der Waals surface area contributed by atoms with Crippen molar-refractivity contribution < 1.29 is 0 Å². The summed E-state index contributed by atoms with van der Waals surface area (Å²) in [6.07, 6.45) is 5.60. The fourth-order valence-electron chi connectivity index (χ4n) is 2.03. The highest BCUT2D eigenvalue weighted by Gasteiger charge is 2.26. The van der Waals surface area contributed by atoms with Crippen LogP contribution in [0.5, 0.6) is 0 Å². The number of nitrogens with two attached hydrogens (primary N) is 1. The minimum atomic E-state index is 0.331. The van der Waals surface area contributed by atoms with E-state index >= 15 is 0 Å². The van der Waals surface area contributed by atoms with E-state index < -0.39 is 0 Å². The van der Waals surface area contributed by atoms with Gasteiger partial charge < -0.3 is 5.73 Å².